The summed E-state index contributed by atoms with van der Waals surface area (Å²) in [5.41, 5.74) is 8.39. The molecule has 27 heavy (non-hydrogen) atoms. The first-order chi connectivity index (χ1) is 13.1. The molecule has 0 atom stereocenters. The van der Waals surface area contributed by atoms with Crippen LogP contribution in [0.25, 0.3) is 11.3 Å². The predicted octanol–water partition coefficient (Wildman–Crippen LogP) is 3.49. The summed E-state index contributed by atoms with van der Waals surface area (Å²) in [5.74, 6) is -0.286. The molecule has 3 aromatic rings. The Hall–Kier alpha value is -2.93. The van der Waals surface area contributed by atoms with Gasteiger partial charge in [-0.25, -0.2) is 9.37 Å². The van der Waals surface area contributed by atoms with Gasteiger partial charge in [-0.05, 0) is 24.3 Å². The Labute approximate surface area is 160 Å². The van der Waals surface area contributed by atoms with Crippen LogP contribution in [0, 0.1) is 5.82 Å². The molecule has 0 aliphatic carbocycles. The zero-order chi connectivity index (χ0) is 18.8. The fourth-order valence-corrected chi connectivity index (χ4v) is 4.06. The van der Waals surface area contributed by atoms with E-state index in [2.05, 4.69) is 9.88 Å². The minimum Gasteiger partial charge on any atom is -0.375 e. The largest absolute Gasteiger partial charge is 0.375 e. The van der Waals surface area contributed by atoms with Gasteiger partial charge in [0.2, 0.25) is 0 Å². The number of benzene rings is 2. The standard InChI is InChI=1S/C20H19FN4OS/c21-15-6-8-16(9-7-15)24-10-12-25(13-11-24)19(26)18-17(23-20(22)27-18)14-4-2-1-3-5-14/h1-9H,10-13H2,(H2,22,23). The van der Waals surface area contributed by atoms with Crippen molar-refractivity contribution in [3.8, 4) is 11.3 Å². The monoisotopic (exact) mass is 382 g/mol. The van der Waals surface area contributed by atoms with E-state index < -0.39 is 0 Å². The van der Waals surface area contributed by atoms with Crippen LogP contribution in [0.5, 0.6) is 0 Å². The Morgan fingerprint density at radius 3 is 2.33 bits per heavy atom. The van der Waals surface area contributed by atoms with Gasteiger partial charge in [-0.15, -0.1) is 0 Å². The quantitative estimate of drug-likeness (QED) is 0.753. The Kier molecular flexibility index (Phi) is 4.77. The number of nitrogen functional groups attached to an aromatic ring is 1. The van der Waals surface area contributed by atoms with E-state index in [9.17, 15) is 9.18 Å². The van der Waals surface area contributed by atoms with Gasteiger partial charge in [-0.3, -0.25) is 4.79 Å². The lowest BCUT2D eigenvalue weighted by Gasteiger charge is -2.36. The molecule has 7 heteroatoms. The van der Waals surface area contributed by atoms with E-state index in [4.69, 9.17) is 5.73 Å². The highest BCUT2D eigenvalue weighted by atomic mass is 32.1. The minimum absolute atomic E-state index is 0.0400. The minimum atomic E-state index is -0.246. The van der Waals surface area contributed by atoms with E-state index in [1.54, 1.807) is 12.1 Å². The third kappa shape index (κ3) is 3.64. The van der Waals surface area contributed by atoms with Crippen LogP contribution in [-0.2, 0) is 0 Å². The third-order valence-corrected chi connectivity index (χ3v) is 5.52. The zero-order valence-corrected chi connectivity index (χ0v) is 15.5. The molecule has 1 saturated heterocycles. The summed E-state index contributed by atoms with van der Waals surface area (Å²) in [6.07, 6.45) is 0. The Balaban J connectivity index is 1.50. The summed E-state index contributed by atoms with van der Waals surface area (Å²) in [7, 11) is 0. The van der Waals surface area contributed by atoms with Crippen LogP contribution in [0.15, 0.2) is 54.6 Å². The first-order valence-corrected chi connectivity index (χ1v) is 9.55. The van der Waals surface area contributed by atoms with E-state index >= 15 is 0 Å². The molecule has 0 bridgehead atoms. The van der Waals surface area contributed by atoms with Crippen molar-refractivity contribution in [2.24, 2.45) is 0 Å². The summed E-state index contributed by atoms with van der Waals surface area (Å²) < 4.78 is 13.1. The fraction of sp³-hybridized carbons (Fsp3) is 0.200. The first-order valence-electron chi connectivity index (χ1n) is 8.73. The Morgan fingerprint density at radius 2 is 1.67 bits per heavy atom. The van der Waals surface area contributed by atoms with Gasteiger partial charge in [0.05, 0.1) is 5.69 Å². The highest BCUT2D eigenvalue weighted by Gasteiger charge is 2.27. The number of anilines is 2. The number of hydrogen-bond acceptors (Lipinski definition) is 5. The lowest BCUT2D eigenvalue weighted by atomic mass is 10.1. The van der Waals surface area contributed by atoms with Gasteiger partial charge >= 0.3 is 0 Å². The number of rotatable bonds is 3. The highest BCUT2D eigenvalue weighted by Crippen LogP contribution is 2.31. The molecule has 2 N–H and O–H groups in total. The number of aromatic nitrogens is 1. The van der Waals surface area contributed by atoms with E-state index in [1.165, 1.54) is 23.5 Å². The highest BCUT2D eigenvalue weighted by molar-refractivity contribution is 7.17. The van der Waals surface area contributed by atoms with Crippen molar-refractivity contribution in [3.63, 3.8) is 0 Å². The molecule has 1 fully saturated rings. The Morgan fingerprint density at radius 1 is 1.00 bits per heavy atom. The number of nitrogens with zero attached hydrogens (tertiary/aromatic N) is 3. The maximum atomic E-state index is 13.1. The average Bonchev–Trinajstić information content (AvgIpc) is 3.10. The normalized spacial score (nSPS) is 14.4. The number of carbonyl (C=O) groups is 1. The predicted molar refractivity (Wildman–Crippen MR) is 106 cm³/mol. The molecular weight excluding hydrogens is 363 g/mol. The first kappa shape index (κ1) is 17.5. The molecule has 1 aliphatic heterocycles. The van der Waals surface area contributed by atoms with Crippen LogP contribution in [0.2, 0.25) is 0 Å². The zero-order valence-electron chi connectivity index (χ0n) is 14.6. The number of thiazole rings is 1. The van der Waals surface area contributed by atoms with E-state index in [0.717, 1.165) is 11.3 Å². The van der Waals surface area contributed by atoms with Crippen molar-refractivity contribution in [3.05, 3.63) is 65.3 Å². The molecule has 0 saturated carbocycles. The SMILES string of the molecule is Nc1nc(-c2ccccc2)c(C(=O)N2CCN(c3ccc(F)cc3)CC2)s1. The Bertz CT molecular complexity index is 934. The maximum absolute atomic E-state index is 13.1. The molecule has 2 aromatic carbocycles. The molecule has 1 amide bonds. The van der Waals surface area contributed by atoms with Gasteiger partial charge < -0.3 is 15.5 Å². The number of hydrogen-bond donors (Lipinski definition) is 1. The molecule has 0 spiro atoms. The second-order valence-electron chi connectivity index (χ2n) is 6.35. The van der Waals surface area contributed by atoms with E-state index in [0.29, 0.717) is 41.9 Å². The van der Waals surface area contributed by atoms with Crippen molar-refractivity contribution in [1.29, 1.82) is 0 Å². The molecule has 0 radical (unpaired) electrons. The number of piperazine rings is 1. The van der Waals surface area contributed by atoms with Crippen molar-refractivity contribution in [2.45, 2.75) is 0 Å². The molecule has 2 heterocycles. The van der Waals surface area contributed by atoms with Gasteiger partial charge in [0.15, 0.2) is 5.13 Å². The summed E-state index contributed by atoms with van der Waals surface area (Å²) in [4.78, 5) is 22.0. The molecule has 4 rings (SSSR count). The van der Waals surface area contributed by atoms with Crippen LogP contribution >= 0.6 is 11.3 Å². The molecular formula is C20H19FN4OS. The smallest absolute Gasteiger partial charge is 0.266 e. The molecule has 1 aromatic heterocycles. The van der Waals surface area contributed by atoms with Gasteiger partial charge in [-0.1, -0.05) is 41.7 Å². The van der Waals surface area contributed by atoms with Crippen molar-refractivity contribution in [1.82, 2.24) is 9.88 Å². The molecule has 0 unspecified atom stereocenters. The van der Waals surface area contributed by atoms with Gasteiger partial charge in [0.25, 0.3) is 5.91 Å². The summed E-state index contributed by atoms with van der Waals surface area (Å²) in [6.45, 7) is 2.60. The summed E-state index contributed by atoms with van der Waals surface area (Å²) in [6, 6.07) is 16.1. The second kappa shape index (κ2) is 7.36. The van der Waals surface area contributed by atoms with Crippen LogP contribution < -0.4 is 10.6 Å². The van der Waals surface area contributed by atoms with Gasteiger partial charge in [0.1, 0.15) is 10.7 Å². The lowest BCUT2D eigenvalue weighted by molar-refractivity contribution is 0.0752. The van der Waals surface area contributed by atoms with Gasteiger partial charge in [0, 0.05) is 37.4 Å². The molecule has 5 nitrogen and oxygen atoms in total. The van der Waals surface area contributed by atoms with Crippen LogP contribution in [0.1, 0.15) is 9.67 Å². The van der Waals surface area contributed by atoms with Crippen LogP contribution in [0.4, 0.5) is 15.2 Å². The number of carbonyl (C=O) groups excluding carboxylic acids is 1. The lowest BCUT2D eigenvalue weighted by Crippen LogP contribution is -2.48. The average molecular weight is 382 g/mol. The van der Waals surface area contributed by atoms with Gasteiger partial charge in [-0.2, -0.15) is 0 Å². The molecule has 1 aliphatic rings. The number of halogens is 1. The summed E-state index contributed by atoms with van der Waals surface area (Å²) in [5, 5.41) is 0.391. The van der Waals surface area contributed by atoms with Crippen molar-refractivity contribution < 1.29 is 9.18 Å². The van der Waals surface area contributed by atoms with Crippen molar-refractivity contribution in [2.75, 3.05) is 36.8 Å². The van der Waals surface area contributed by atoms with Crippen molar-refractivity contribution >= 4 is 28.1 Å². The summed E-state index contributed by atoms with van der Waals surface area (Å²) >= 11 is 1.23. The second-order valence-corrected chi connectivity index (χ2v) is 7.38. The van der Waals surface area contributed by atoms with Crippen LogP contribution in [-0.4, -0.2) is 42.0 Å². The number of amides is 1. The van der Waals surface area contributed by atoms with Crippen LogP contribution in [0.3, 0.4) is 0 Å². The number of nitrogens with two attached hydrogens (primary N) is 1. The van der Waals surface area contributed by atoms with E-state index in [1.807, 2.05) is 35.2 Å². The topological polar surface area (TPSA) is 62.5 Å². The fourth-order valence-electron chi connectivity index (χ4n) is 3.24. The molecule has 138 valence electrons. The maximum Gasteiger partial charge on any atom is 0.266 e. The third-order valence-electron chi connectivity index (χ3n) is 4.64. The van der Waals surface area contributed by atoms with E-state index in [-0.39, 0.29) is 11.7 Å².